The molecule has 0 aliphatic carbocycles. The molecule has 76 valence electrons. The zero-order valence-electron chi connectivity index (χ0n) is 8.74. The highest BCUT2D eigenvalue weighted by Crippen LogP contribution is 2.48. The quantitative estimate of drug-likeness (QED) is 0.577. The maximum absolute atomic E-state index is 3.74. The van der Waals surface area contributed by atoms with E-state index in [9.17, 15) is 0 Å². The molecule has 0 aliphatic rings. The first-order valence-electron chi connectivity index (χ1n) is 4.97. The third-order valence-electron chi connectivity index (χ3n) is 1.98. The summed E-state index contributed by atoms with van der Waals surface area (Å²) in [6.07, 6.45) is 13.2. The number of unbranched alkanes of at least 4 members (excludes halogenated alkanes) is 5. The normalized spacial score (nSPS) is 13.3. The molecule has 2 heteroatoms. The topological polar surface area (TPSA) is 0 Å². The molecule has 0 amide bonds. The van der Waals surface area contributed by atoms with Crippen molar-refractivity contribution in [2.75, 3.05) is 18.3 Å². The van der Waals surface area contributed by atoms with Crippen molar-refractivity contribution in [3.63, 3.8) is 0 Å². The first kappa shape index (κ1) is 12.8. The van der Waals surface area contributed by atoms with E-state index in [4.69, 9.17) is 0 Å². The van der Waals surface area contributed by atoms with Crippen LogP contribution in [0.2, 0.25) is 0 Å². The van der Waals surface area contributed by atoms with E-state index in [0.29, 0.717) is 0 Å². The van der Waals surface area contributed by atoms with Crippen LogP contribution in [0, 0.1) is 0 Å². The summed E-state index contributed by atoms with van der Waals surface area (Å²) in [5.74, 6) is 1.39. The first-order valence-corrected chi connectivity index (χ1v) is 9.43. The van der Waals surface area contributed by atoms with E-state index in [1.165, 1.54) is 44.3 Å². The summed E-state index contributed by atoms with van der Waals surface area (Å²) in [4.78, 5) is 0. The van der Waals surface area contributed by atoms with Crippen molar-refractivity contribution in [2.24, 2.45) is 0 Å². The van der Waals surface area contributed by atoms with Crippen LogP contribution in [-0.2, 0) is 0 Å². The number of rotatable bonds is 7. The number of hydrogen-bond acceptors (Lipinski definition) is 0. The van der Waals surface area contributed by atoms with Gasteiger partial charge in [-0.2, -0.15) is 8.46 Å². The Morgan fingerprint density at radius 1 is 0.917 bits per heavy atom. The van der Waals surface area contributed by atoms with Crippen LogP contribution in [0.3, 0.4) is 0 Å². The summed E-state index contributed by atoms with van der Waals surface area (Å²) in [5, 5.41) is 0. The fourth-order valence-corrected chi connectivity index (χ4v) is 2.80. The van der Waals surface area contributed by atoms with E-state index in [-0.39, 0.29) is 0 Å². The highest BCUT2D eigenvalue weighted by Gasteiger charge is 2.04. The smallest absolute Gasteiger partial charge is 0.0141 e. The van der Waals surface area contributed by atoms with Gasteiger partial charge in [0.25, 0.3) is 0 Å². The summed E-state index contributed by atoms with van der Waals surface area (Å²) in [5.41, 5.74) is 0. The third-order valence-corrected chi connectivity index (χ3v) is 4.21. The molecule has 0 aromatic heterocycles. The van der Waals surface area contributed by atoms with Crippen molar-refractivity contribution in [3.05, 3.63) is 0 Å². The fraction of sp³-hybridized carbons (Fsp3) is 1.00. The van der Waals surface area contributed by atoms with Crippen LogP contribution in [0.15, 0.2) is 0 Å². The lowest BCUT2D eigenvalue weighted by atomic mass is 10.1. The summed E-state index contributed by atoms with van der Waals surface area (Å²) in [7, 11) is -0.404. The van der Waals surface area contributed by atoms with Crippen LogP contribution in [0.25, 0.3) is 0 Å². The summed E-state index contributed by atoms with van der Waals surface area (Å²) >= 11 is 3.74. The second-order valence-electron chi connectivity index (χ2n) is 3.88. The van der Waals surface area contributed by atoms with Crippen LogP contribution in [0.4, 0.5) is 0 Å². The molecule has 0 N–H and O–H groups in total. The number of hydrogen-bond donors (Lipinski definition) is 0. The van der Waals surface area contributed by atoms with Gasteiger partial charge in [0, 0.05) is 0 Å². The zero-order chi connectivity index (χ0) is 9.45. The van der Waals surface area contributed by atoms with Crippen LogP contribution >= 0.6 is 23.3 Å². The van der Waals surface area contributed by atoms with Crippen LogP contribution in [0.1, 0.15) is 45.4 Å². The van der Waals surface area contributed by atoms with Crippen molar-refractivity contribution in [3.8, 4) is 0 Å². The second-order valence-corrected chi connectivity index (χ2v) is 12.3. The van der Waals surface area contributed by atoms with Gasteiger partial charge in [0.1, 0.15) is 0 Å². The zero-order valence-corrected chi connectivity index (χ0v) is 11.1. The van der Waals surface area contributed by atoms with E-state index < -0.39 is 8.46 Å². The summed E-state index contributed by atoms with van der Waals surface area (Å²) in [6, 6.07) is 0. The molecule has 0 aromatic carbocycles. The van der Waals surface area contributed by atoms with Crippen LogP contribution < -0.4 is 0 Å². The SMILES string of the molecule is CCCCCCCCS(C)(C)Br. The highest BCUT2D eigenvalue weighted by molar-refractivity contribution is 9.58. The minimum absolute atomic E-state index is 0.404. The minimum atomic E-state index is -0.404. The fourth-order valence-electron chi connectivity index (χ4n) is 1.23. The Balaban J connectivity index is 3.01. The van der Waals surface area contributed by atoms with Crippen LogP contribution in [0.5, 0.6) is 0 Å². The molecule has 0 heterocycles. The standard InChI is InChI=1S/C10H23BrS/c1-4-5-6-7-8-9-10-12(2,3)11/h4-10H2,1-3H3. The minimum Gasteiger partial charge on any atom is -0.189 e. The molecule has 12 heavy (non-hydrogen) atoms. The molecule has 0 spiro atoms. The van der Waals surface area contributed by atoms with Crippen LogP contribution in [-0.4, -0.2) is 18.3 Å². The third kappa shape index (κ3) is 10.8. The van der Waals surface area contributed by atoms with Gasteiger partial charge in [-0.3, -0.25) is 0 Å². The molecule has 0 aliphatic heterocycles. The van der Waals surface area contributed by atoms with Gasteiger partial charge in [-0.1, -0.05) is 39.0 Å². The molecule has 0 saturated heterocycles. The van der Waals surface area contributed by atoms with E-state index in [1.807, 2.05) is 0 Å². The van der Waals surface area contributed by atoms with E-state index in [2.05, 4.69) is 34.2 Å². The Bertz CT molecular complexity index is 96.5. The van der Waals surface area contributed by atoms with Gasteiger partial charge in [0.2, 0.25) is 0 Å². The maximum atomic E-state index is 3.74. The molecule has 0 fully saturated rings. The van der Waals surface area contributed by atoms with E-state index >= 15 is 0 Å². The van der Waals surface area contributed by atoms with Crippen molar-refractivity contribution >= 4 is 23.3 Å². The Morgan fingerprint density at radius 2 is 1.42 bits per heavy atom. The van der Waals surface area contributed by atoms with E-state index in [0.717, 1.165) is 0 Å². The largest absolute Gasteiger partial charge is 0.189 e. The lowest BCUT2D eigenvalue weighted by molar-refractivity contribution is 0.626. The average Bonchev–Trinajstić information content (AvgIpc) is 1.94. The van der Waals surface area contributed by atoms with Crippen molar-refractivity contribution in [2.45, 2.75) is 45.4 Å². The summed E-state index contributed by atoms with van der Waals surface area (Å²) < 4.78 is 0. The highest BCUT2D eigenvalue weighted by atomic mass is 79.9. The predicted octanol–water partition coefficient (Wildman–Crippen LogP) is 4.72. The lowest BCUT2D eigenvalue weighted by Crippen LogP contribution is -1.92. The second kappa shape index (κ2) is 7.25. The molecular formula is C10H23BrS. The molecule has 0 saturated carbocycles. The van der Waals surface area contributed by atoms with Crippen molar-refractivity contribution in [1.29, 1.82) is 0 Å². The molecule has 0 bridgehead atoms. The van der Waals surface area contributed by atoms with E-state index in [1.54, 1.807) is 0 Å². The Hall–Kier alpha value is 0.830. The monoisotopic (exact) mass is 254 g/mol. The average molecular weight is 255 g/mol. The Morgan fingerprint density at radius 3 is 1.92 bits per heavy atom. The molecule has 0 atom stereocenters. The summed E-state index contributed by atoms with van der Waals surface area (Å²) in [6.45, 7) is 2.27. The van der Waals surface area contributed by atoms with Gasteiger partial charge in [0.05, 0.1) is 0 Å². The molecule has 0 unspecified atom stereocenters. The Kier molecular flexibility index (Phi) is 7.76. The van der Waals surface area contributed by atoms with Gasteiger partial charge in [-0.15, -0.1) is 0 Å². The predicted molar refractivity (Wildman–Crippen MR) is 66.6 cm³/mol. The van der Waals surface area contributed by atoms with Gasteiger partial charge >= 0.3 is 0 Å². The molecule has 0 rings (SSSR count). The van der Waals surface area contributed by atoms with Gasteiger partial charge < -0.3 is 0 Å². The first-order chi connectivity index (χ1) is 5.56. The Labute approximate surface area is 87.0 Å². The maximum Gasteiger partial charge on any atom is -0.0141 e. The molecule has 0 nitrogen and oxygen atoms in total. The van der Waals surface area contributed by atoms with Crippen molar-refractivity contribution in [1.82, 2.24) is 0 Å². The number of halogens is 1. The van der Waals surface area contributed by atoms with Gasteiger partial charge in [-0.25, -0.2) is 0 Å². The molecule has 0 aromatic rings. The van der Waals surface area contributed by atoms with Gasteiger partial charge in [0.15, 0.2) is 0 Å². The van der Waals surface area contributed by atoms with Crippen molar-refractivity contribution < 1.29 is 0 Å². The molecule has 0 radical (unpaired) electrons. The lowest BCUT2D eigenvalue weighted by Gasteiger charge is -2.21. The van der Waals surface area contributed by atoms with Gasteiger partial charge in [-0.05, 0) is 39.5 Å². The molecular weight excluding hydrogens is 232 g/mol.